The van der Waals surface area contributed by atoms with Crippen LogP contribution < -0.4 is 5.32 Å². The molecule has 1 amide bonds. The lowest BCUT2D eigenvalue weighted by Gasteiger charge is -2.27. The molecule has 0 radical (unpaired) electrons. The number of para-hydroxylation sites is 1. The highest BCUT2D eigenvalue weighted by Gasteiger charge is 2.26. The minimum Gasteiger partial charge on any atom is -0.449 e. The van der Waals surface area contributed by atoms with Gasteiger partial charge < -0.3 is 10.1 Å². The molecule has 0 aliphatic heterocycles. The van der Waals surface area contributed by atoms with Crippen LogP contribution >= 0.6 is 0 Å². The van der Waals surface area contributed by atoms with Gasteiger partial charge in [0.25, 0.3) is 5.91 Å². The third kappa shape index (κ3) is 3.99. The number of hydrogen-bond acceptors (Lipinski definition) is 4. The average molecular weight is 388 g/mol. The van der Waals surface area contributed by atoms with Crippen molar-refractivity contribution in [2.24, 2.45) is 0 Å². The lowest BCUT2D eigenvalue weighted by atomic mass is 9.87. The molecule has 5 nitrogen and oxygen atoms in total. The molecule has 1 aliphatic rings. The van der Waals surface area contributed by atoms with Gasteiger partial charge in [-0.25, -0.2) is 4.79 Å². The fraction of sp³-hybridized carbons (Fsp3) is 0.292. The maximum atomic E-state index is 12.8. The summed E-state index contributed by atoms with van der Waals surface area (Å²) >= 11 is 0. The molecule has 0 spiro atoms. The van der Waals surface area contributed by atoms with Gasteiger partial charge >= 0.3 is 5.97 Å². The monoisotopic (exact) mass is 388 g/mol. The Morgan fingerprint density at radius 1 is 1.14 bits per heavy atom. The van der Waals surface area contributed by atoms with Crippen LogP contribution in [0, 0.1) is 6.92 Å². The van der Waals surface area contributed by atoms with Gasteiger partial charge in [0.2, 0.25) is 0 Å². The lowest BCUT2D eigenvalue weighted by molar-refractivity contribution is -0.130. The van der Waals surface area contributed by atoms with E-state index in [0.717, 1.165) is 41.4 Å². The van der Waals surface area contributed by atoms with Gasteiger partial charge in [0.15, 0.2) is 6.10 Å². The second kappa shape index (κ2) is 8.03. The summed E-state index contributed by atoms with van der Waals surface area (Å²) < 4.78 is 5.51. The summed E-state index contributed by atoms with van der Waals surface area (Å²) in [5, 5.41) is 3.77. The molecular formula is C24H24N2O3. The zero-order valence-electron chi connectivity index (χ0n) is 16.6. The number of carbonyl (C=O) groups is 2. The van der Waals surface area contributed by atoms with Crippen molar-refractivity contribution in [3.8, 4) is 0 Å². The van der Waals surface area contributed by atoms with E-state index in [1.54, 1.807) is 13.0 Å². The number of ether oxygens (including phenoxy) is 1. The van der Waals surface area contributed by atoms with Crippen molar-refractivity contribution in [1.82, 2.24) is 10.3 Å². The molecule has 1 aliphatic carbocycles. The molecule has 0 fully saturated rings. The van der Waals surface area contributed by atoms with Crippen LogP contribution in [0.25, 0.3) is 10.9 Å². The number of fused-ring (bicyclic) bond motifs is 2. The van der Waals surface area contributed by atoms with Gasteiger partial charge in [-0.1, -0.05) is 42.5 Å². The van der Waals surface area contributed by atoms with E-state index in [2.05, 4.69) is 22.4 Å². The summed E-state index contributed by atoms with van der Waals surface area (Å²) in [6.07, 6.45) is 2.06. The van der Waals surface area contributed by atoms with E-state index in [9.17, 15) is 9.59 Å². The molecule has 0 saturated carbocycles. The average Bonchev–Trinajstić information content (AvgIpc) is 2.73. The first-order valence-corrected chi connectivity index (χ1v) is 9.98. The molecule has 2 aromatic carbocycles. The van der Waals surface area contributed by atoms with E-state index in [-0.39, 0.29) is 11.9 Å². The molecule has 2 atom stereocenters. The Bertz CT molecular complexity index is 1080. The fourth-order valence-corrected chi connectivity index (χ4v) is 3.95. The third-order valence-electron chi connectivity index (χ3n) is 5.40. The number of pyridine rings is 1. The van der Waals surface area contributed by atoms with Crippen LogP contribution in [0.5, 0.6) is 0 Å². The van der Waals surface area contributed by atoms with Gasteiger partial charge in [0.1, 0.15) is 0 Å². The first-order chi connectivity index (χ1) is 14.0. The molecular weight excluding hydrogens is 364 g/mol. The van der Waals surface area contributed by atoms with E-state index in [4.69, 9.17) is 4.74 Å². The molecule has 1 heterocycles. The summed E-state index contributed by atoms with van der Waals surface area (Å²) in [5.74, 6) is -0.798. The molecule has 0 bridgehead atoms. The highest BCUT2D eigenvalue weighted by molar-refractivity contribution is 6.04. The predicted octanol–water partition coefficient (Wildman–Crippen LogP) is 4.28. The van der Waals surface area contributed by atoms with Crippen molar-refractivity contribution in [3.63, 3.8) is 0 Å². The van der Waals surface area contributed by atoms with Crippen molar-refractivity contribution in [2.45, 2.75) is 45.3 Å². The minimum absolute atomic E-state index is 0.0439. The van der Waals surface area contributed by atoms with E-state index in [0.29, 0.717) is 5.56 Å². The Labute approximate surface area is 170 Å². The number of aryl methyl sites for hydroxylation is 2. The standard InChI is InChI=1S/C24H24N2O3/c1-15-14-20(19-11-5-6-12-22(19)25-15)24(28)29-16(2)23(27)26-21-13-7-9-17-8-3-4-10-18(17)21/h3-6,8,10-12,14,16,21H,7,9,13H2,1-2H3,(H,26,27). The van der Waals surface area contributed by atoms with Gasteiger partial charge in [-0.15, -0.1) is 0 Å². The van der Waals surface area contributed by atoms with E-state index < -0.39 is 12.1 Å². The Balaban J connectivity index is 1.48. The molecule has 148 valence electrons. The van der Waals surface area contributed by atoms with Crippen molar-refractivity contribution >= 4 is 22.8 Å². The highest BCUT2D eigenvalue weighted by Crippen LogP contribution is 2.29. The zero-order valence-corrected chi connectivity index (χ0v) is 16.6. The Kier molecular flexibility index (Phi) is 5.30. The zero-order chi connectivity index (χ0) is 20.4. The van der Waals surface area contributed by atoms with E-state index in [1.165, 1.54) is 5.56 Å². The summed E-state index contributed by atoms with van der Waals surface area (Å²) in [7, 11) is 0. The van der Waals surface area contributed by atoms with Crippen molar-refractivity contribution in [1.29, 1.82) is 0 Å². The first-order valence-electron chi connectivity index (χ1n) is 9.98. The van der Waals surface area contributed by atoms with Crippen LogP contribution in [0.3, 0.4) is 0 Å². The summed E-state index contributed by atoms with van der Waals surface area (Å²) in [6.45, 7) is 3.44. The second-order valence-electron chi connectivity index (χ2n) is 7.53. The van der Waals surface area contributed by atoms with Crippen LogP contribution in [0.2, 0.25) is 0 Å². The van der Waals surface area contributed by atoms with E-state index >= 15 is 0 Å². The van der Waals surface area contributed by atoms with Crippen LogP contribution in [0.15, 0.2) is 54.6 Å². The number of rotatable bonds is 4. The van der Waals surface area contributed by atoms with Gasteiger partial charge in [-0.05, 0) is 56.4 Å². The number of carbonyl (C=O) groups excluding carboxylic acids is 2. The molecule has 1 N–H and O–H groups in total. The predicted molar refractivity (Wildman–Crippen MR) is 112 cm³/mol. The number of hydrogen-bond donors (Lipinski definition) is 1. The maximum Gasteiger partial charge on any atom is 0.339 e. The maximum absolute atomic E-state index is 12.8. The molecule has 1 aromatic heterocycles. The minimum atomic E-state index is -0.885. The van der Waals surface area contributed by atoms with Gasteiger partial charge in [-0.2, -0.15) is 0 Å². The van der Waals surface area contributed by atoms with Crippen LogP contribution in [0.4, 0.5) is 0 Å². The summed E-state index contributed by atoms with van der Waals surface area (Å²) in [5.41, 5.74) is 4.31. The fourth-order valence-electron chi connectivity index (χ4n) is 3.95. The SMILES string of the molecule is Cc1cc(C(=O)OC(C)C(=O)NC2CCCc3ccccc32)c2ccccc2n1. The number of nitrogens with zero attached hydrogens (tertiary/aromatic N) is 1. The Hall–Kier alpha value is -3.21. The normalized spacial score (nSPS) is 16.7. The lowest BCUT2D eigenvalue weighted by Crippen LogP contribution is -2.39. The summed E-state index contributed by atoms with van der Waals surface area (Å²) in [6, 6.07) is 17.3. The third-order valence-corrected chi connectivity index (χ3v) is 5.40. The smallest absolute Gasteiger partial charge is 0.339 e. The second-order valence-corrected chi connectivity index (χ2v) is 7.53. The Morgan fingerprint density at radius 3 is 2.76 bits per heavy atom. The molecule has 0 saturated heterocycles. The van der Waals surface area contributed by atoms with Crippen molar-refractivity contribution in [3.05, 3.63) is 77.0 Å². The number of esters is 1. The van der Waals surface area contributed by atoms with Crippen molar-refractivity contribution in [2.75, 3.05) is 0 Å². The van der Waals surface area contributed by atoms with Crippen LogP contribution in [0.1, 0.15) is 53.0 Å². The topological polar surface area (TPSA) is 68.3 Å². The quantitative estimate of drug-likeness (QED) is 0.677. The molecule has 29 heavy (non-hydrogen) atoms. The number of nitrogens with one attached hydrogen (secondary N) is 1. The van der Waals surface area contributed by atoms with E-state index in [1.807, 2.05) is 43.3 Å². The van der Waals surface area contributed by atoms with Crippen LogP contribution in [-0.2, 0) is 16.0 Å². The van der Waals surface area contributed by atoms with Crippen molar-refractivity contribution < 1.29 is 14.3 Å². The molecule has 5 heteroatoms. The Morgan fingerprint density at radius 2 is 1.90 bits per heavy atom. The number of benzene rings is 2. The molecule has 3 aromatic rings. The van der Waals surface area contributed by atoms with Gasteiger partial charge in [0.05, 0.1) is 17.1 Å². The van der Waals surface area contributed by atoms with Crippen LogP contribution in [-0.4, -0.2) is 23.0 Å². The first kappa shape index (κ1) is 19.1. The summed E-state index contributed by atoms with van der Waals surface area (Å²) in [4.78, 5) is 29.9. The van der Waals surface area contributed by atoms with Gasteiger partial charge in [0, 0.05) is 11.1 Å². The molecule has 2 unspecified atom stereocenters. The number of aromatic nitrogens is 1. The highest BCUT2D eigenvalue weighted by atomic mass is 16.5. The van der Waals surface area contributed by atoms with Gasteiger partial charge in [-0.3, -0.25) is 9.78 Å². The molecule has 4 rings (SSSR count). The number of amides is 1. The largest absolute Gasteiger partial charge is 0.449 e.